The molecule has 1 atom stereocenters. The van der Waals surface area contributed by atoms with Crippen LogP contribution in [0.4, 0.5) is 0 Å². The van der Waals surface area contributed by atoms with E-state index in [0.29, 0.717) is 6.54 Å². The van der Waals surface area contributed by atoms with Crippen molar-refractivity contribution < 1.29 is 9.53 Å². The number of amides is 1. The first-order valence-electron chi connectivity index (χ1n) is 8.91. The summed E-state index contributed by atoms with van der Waals surface area (Å²) >= 11 is 0. The van der Waals surface area contributed by atoms with Crippen LogP contribution in [0.15, 0.2) is 60.8 Å². The minimum Gasteiger partial charge on any atom is -0.457 e. The molecule has 1 aromatic heterocycles. The summed E-state index contributed by atoms with van der Waals surface area (Å²) in [5.74, 6) is 1.50. The number of aryl methyl sites for hydroxylation is 1. The third-order valence-corrected chi connectivity index (χ3v) is 4.71. The minimum atomic E-state index is -0.110. The Morgan fingerprint density at radius 2 is 2.00 bits per heavy atom. The van der Waals surface area contributed by atoms with Crippen LogP contribution in [0.25, 0.3) is 0 Å². The number of benzene rings is 2. The maximum absolute atomic E-state index is 12.6. The highest BCUT2D eigenvalue weighted by atomic mass is 16.5. The van der Waals surface area contributed by atoms with Crippen molar-refractivity contribution in [2.45, 2.75) is 31.7 Å². The van der Waals surface area contributed by atoms with Gasteiger partial charge in [-0.25, -0.2) is 0 Å². The molecule has 0 fully saturated rings. The standard InChI is InChI=1S/C21H21N3O2/c25-21(18-10-5-11-20-19(18)14-23-24-20)22-13-15-6-4-9-17(12-15)26-16-7-2-1-3-8-16/h1-4,6-9,12,14,18H,5,10-11,13H2,(H,22,25)(H,23,24). The number of aromatic nitrogens is 2. The van der Waals surface area contributed by atoms with Crippen molar-refractivity contribution in [2.24, 2.45) is 0 Å². The molecular weight excluding hydrogens is 326 g/mol. The average Bonchev–Trinajstić information content (AvgIpc) is 3.16. The van der Waals surface area contributed by atoms with Crippen LogP contribution in [0.2, 0.25) is 0 Å². The summed E-state index contributed by atoms with van der Waals surface area (Å²) < 4.78 is 5.85. The molecule has 5 nitrogen and oxygen atoms in total. The number of aromatic amines is 1. The van der Waals surface area contributed by atoms with Crippen LogP contribution in [0, 0.1) is 0 Å². The lowest BCUT2D eigenvalue weighted by atomic mass is 9.86. The van der Waals surface area contributed by atoms with E-state index in [1.165, 1.54) is 0 Å². The maximum Gasteiger partial charge on any atom is 0.227 e. The van der Waals surface area contributed by atoms with Gasteiger partial charge in [-0.05, 0) is 49.1 Å². The molecule has 0 radical (unpaired) electrons. The number of nitrogens with zero attached hydrogens (tertiary/aromatic N) is 1. The molecule has 3 aromatic rings. The van der Waals surface area contributed by atoms with E-state index in [1.54, 1.807) is 6.20 Å². The van der Waals surface area contributed by atoms with Crippen molar-refractivity contribution >= 4 is 5.91 Å². The van der Waals surface area contributed by atoms with Gasteiger partial charge in [-0.3, -0.25) is 9.89 Å². The van der Waals surface area contributed by atoms with Crippen LogP contribution in [0.3, 0.4) is 0 Å². The Hall–Kier alpha value is -3.08. The summed E-state index contributed by atoms with van der Waals surface area (Å²) in [5, 5.41) is 10.1. The summed E-state index contributed by atoms with van der Waals surface area (Å²) in [5.41, 5.74) is 3.14. The summed E-state index contributed by atoms with van der Waals surface area (Å²) in [6.07, 6.45) is 4.63. The normalized spacial score (nSPS) is 15.9. The van der Waals surface area contributed by atoms with Gasteiger partial charge in [-0.2, -0.15) is 5.10 Å². The van der Waals surface area contributed by atoms with Crippen molar-refractivity contribution in [3.63, 3.8) is 0 Å². The molecule has 132 valence electrons. The number of carbonyl (C=O) groups excluding carboxylic acids is 1. The maximum atomic E-state index is 12.6. The topological polar surface area (TPSA) is 67.0 Å². The van der Waals surface area contributed by atoms with Gasteiger partial charge in [-0.15, -0.1) is 0 Å². The van der Waals surface area contributed by atoms with Gasteiger partial charge in [0.1, 0.15) is 11.5 Å². The van der Waals surface area contributed by atoms with Gasteiger partial charge >= 0.3 is 0 Å². The monoisotopic (exact) mass is 347 g/mol. The Morgan fingerprint density at radius 3 is 2.88 bits per heavy atom. The number of H-pyrrole nitrogens is 1. The van der Waals surface area contributed by atoms with Crippen molar-refractivity contribution in [3.8, 4) is 11.5 Å². The van der Waals surface area contributed by atoms with E-state index in [0.717, 1.165) is 47.6 Å². The molecule has 1 unspecified atom stereocenters. The number of para-hydroxylation sites is 1. The molecule has 0 saturated heterocycles. The Bertz CT molecular complexity index is 889. The molecule has 0 bridgehead atoms. The smallest absolute Gasteiger partial charge is 0.227 e. The second kappa shape index (κ2) is 7.44. The van der Waals surface area contributed by atoms with Gasteiger partial charge in [0.2, 0.25) is 5.91 Å². The molecule has 0 aliphatic heterocycles. The molecule has 1 heterocycles. The van der Waals surface area contributed by atoms with Crippen LogP contribution in [0.1, 0.15) is 35.6 Å². The van der Waals surface area contributed by atoms with E-state index in [-0.39, 0.29) is 11.8 Å². The van der Waals surface area contributed by atoms with E-state index in [2.05, 4.69) is 15.5 Å². The van der Waals surface area contributed by atoms with E-state index >= 15 is 0 Å². The number of rotatable bonds is 5. The quantitative estimate of drug-likeness (QED) is 0.735. The van der Waals surface area contributed by atoms with E-state index < -0.39 is 0 Å². The molecular formula is C21H21N3O2. The molecule has 0 saturated carbocycles. The van der Waals surface area contributed by atoms with Crippen LogP contribution >= 0.6 is 0 Å². The molecule has 1 amide bonds. The van der Waals surface area contributed by atoms with Crippen molar-refractivity contribution in [2.75, 3.05) is 0 Å². The predicted octanol–water partition coefficient (Wildman–Crippen LogP) is 3.94. The Balaban J connectivity index is 1.39. The van der Waals surface area contributed by atoms with Gasteiger partial charge in [-0.1, -0.05) is 30.3 Å². The first-order chi connectivity index (χ1) is 12.8. The fraction of sp³-hybridized carbons (Fsp3) is 0.238. The SMILES string of the molecule is O=C(NCc1cccc(Oc2ccccc2)c1)C1CCCc2[nH]ncc21. The summed E-state index contributed by atoms with van der Waals surface area (Å²) in [4.78, 5) is 12.6. The molecule has 4 rings (SSSR count). The third kappa shape index (κ3) is 3.61. The fourth-order valence-electron chi connectivity index (χ4n) is 3.39. The van der Waals surface area contributed by atoms with Gasteiger partial charge in [0.05, 0.1) is 12.1 Å². The minimum absolute atomic E-state index is 0.0572. The first kappa shape index (κ1) is 16.4. The Labute approximate surface area is 152 Å². The number of carbonyl (C=O) groups is 1. The van der Waals surface area contributed by atoms with Crippen LogP contribution in [-0.4, -0.2) is 16.1 Å². The van der Waals surface area contributed by atoms with E-state index in [9.17, 15) is 4.79 Å². The molecule has 1 aliphatic carbocycles. The van der Waals surface area contributed by atoms with Crippen LogP contribution in [0.5, 0.6) is 11.5 Å². The highest BCUT2D eigenvalue weighted by Gasteiger charge is 2.27. The predicted molar refractivity (Wildman–Crippen MR) is 99.1 cm³/mol. The second-order valence-electron chi connectivity index (χ2n) is 6.53. The Morgan fingerprint density at radius 1 is 1.15 bits per heavy atom. The molecule has 5 heteroatoms. The summed E-state index contributed by atoms with van der Waals surface area (Å²) in [6.45, 7) is 0.481. The van der Waals surface area contributed by atoms with Crippen molar-refractivity contribution in [3.05, 3.63) is 77.6 Å². The first-order valence-corrected chi connectivity index (χ1v) is 8.91. The molecule has 1 aliphatic rings. The molecule has 2 N–H and O–H groups in total. The lowest BCUT2D eigenvalue weighted by Gasteiger charge is -2.21. The fourth-order valence-corrected chi connectivity index (χ4v) is 3.39. The second-order valence-corrected chi connectivity index (χ2v) is 6.53. The van der Waals surface area contributed by atoms with Crippen LogP contribution < -0.4 is 10.1 Å². The number of hydrogen-bond acceptors (Lipinski definition) is 3. The van der Waals surface area contributed by atoms with Gasteiger partial charge < -0.3 is 10.1 Å². The lowest BCUT2D eigenvalue weighted by molar-refractivity contribution is -0.123. The van der Waals surface area contributed by atoms with Gasteiger partial charge in [0.25, 0.3) is 0 Å². The third-order valence-electron chi connectivity index (χ3n) is 4.71. The van der Waals surface area contributed by atoms with Crippen molar-refractivity contribution in [1.29, 1.82) is 0 Å². The number of ether oxygens (including phenoxy) is 1. The lowest BCUT2D eigenvalue weighted by Crippen LogP contribution is -2.30. The zero-order valence-corrected chi connectivity index (χ0v) is 14.4. The highest BCUT2D eigenvalue weighted by molar-refractivity contribution is 5.84. The van der Waals surface area contributed by atoms with Gasteiger partial charge in [0, 0.05) is 17.8 Å². The number of fused-ring (bicyclic) bond motifs is 1. The van der Waals surface area contributed by atoms with Crippen molar-refractivity contribution in [1.82, 2.24) is 15.5 Å². The average molecular weight is 347 g/mol. The number of hydrogen-bond donors (Lipinski definition) is 2. The summed E-state index contributed by atoms with van der Waals surface area (Å²) in [6, 6.07) is 17.5. The zero-order chi connectivity index (χ0) is 17.8. The highest BCUT2D eigenvalue weighted by Crippen LogP contribution is 2.30. The molecule has 2 aromatic carbocycles. The number of nitrogens with one attached hydrogen (secondary N) is 2. The Kier molecular flexibility index (Phi) is 4.69. The van der Waals surface area contributed by atoms with E-state index in [1.807, 2.05) is 54.6 Å². The molecule has 0 spiro atoms. The van der Waals surface area contributed by atoms with E-state index in [4.69, 9.17) is 4.74 Å². The van der Waals surface area contributed by atoms with Gasteiger partial charge in [0.15, 0.2) is 0 Å². The zero-order valence-electron chi connectivity index (χ0n) is 14.4. The largest absolute Gasteiger partial charge is 0.457 e. The van der Waals surface area contributed by atoms with Crippen LogP contribution in [-0.2, 0) is 17.8 Å². The summed E-state index contributed by atoms with van der Waals surface area (Å²) in [7, 11) is 0. The molecule has 26 heavy (non-hydrogen) atoms.